The summed E-state index contributed by atoms with van der Waals surface area (Å²) in [4.78, 5) is 0. The van der Waals surface area contributed by atoms with Crippen LogP contribution in [0.2, 0.25) is 0 Å². The summed E-state index contributed by atoms with van der Waals surface area (Å²) in [5, 5.41) is 0. The normalized spacial score (nSPS) is 23.6. The Morgan fingerprint density at radius 3 is 1.44 bits per heavy atom. The van der Waals surface area contributed by atoms with E-state index in [2.05, 4.69) is 77.3 Å². The number of benzene rings is 2. The summed E-state index contributed by atoms with van der Waals surface area (Å²) in [6.07, 6.45) is 7.86. The van der Waals surface area contributed by atoms with Crippen LogP contribution in [0.5, 0.6) is 0 Å². The quantitative estimate of drug-likeness (QED) is 0.198. The monoisotopic (exact) mass is 544 g/mol. The van der Waals surface area contributed by atoms with E-state index in [1.54, 1.807) is 0 Å². The van der Waals surface area contributed by atoms with Gasteiger partial charge in [-0.25, -0.2) is 0 Å². The Hall–Kier alpha value is -2.54. The van der Waals surface area contributed by atoms with Gasteiger partial charge < -0.3 is 17.7 Å². The molecule has 0 heterocycles. The van der Waals surface area contributed by atoms with Crippen molar-refractivity contribution in [2.75, 3.05) is 0 Å². The zero-order chi connectivity index (χ0) is 27.8. The highest BCUT2D eigenvalue weighted by Crippen LogP contribution is 2.36. The van der Waals surface area contributed by atoms with Crippen molar-refractivity contribution in [2.45, 2.75) is 78.8 Å². The van der Waals surface area contributed by atoms with Crippen LogP contribution in [0.15, 0.2) is 108 Å². The molecule has 0 saturated heterocycles. The summed E-state index contributed by atoms with van der Waals surface area (Å²) in [6.45, 7) is 17.6. The van der Waals surface area contributed by atoms with Crippen LogP contribution in [0.4, 0.5) is 0 Å². The lowest BCUT2D eigenvalue weighted by atomic mass is 9.84. The predicted molar refractivity (Wildman–Crippen MR) is 161 cm³/mol. The summed E-state index contributed by atoms with van der Waals surface area (Å²) in [7, 11) is -3.69. The first-order valence-electron chi connectivity index (χ1n) is 14.1. The molecule has 4 nitrogen and oxygen atoms in total. The Kier molecular flexibility index (Phi) is 10.3. The van der Waals surface area contributed by atoms with E-state index in [1.807, 2.05) is 36.4 Å². The second-order valence-corrected chi connectivity index (χ2v) is 13.2. The molecule has 208 valence electrons. The van der Waals surface area contributed by atoms with Crippen molar-refractivity contribution in [3.05, 3.63) is 119 Å². The van der Waals surface area contributed by atoms with Crippen LogP contribution in [0.3, 0.4) is 0 Å². The molecule has 4 rings (SSSR count). The fourth-order valence-electron chi connectivity index (χ4n) is 5.13. The molecule has 0 N–H and O–H groups in total. The van der Waals surface area contributed by atoms with Crippen molar-refractivity contribution in [1.82, 2.24) is 0 Å². The van der Waals surface area contributed by atoms with Crippen molar-refractivity contribution < 1.29 is 17.7 Å². The second-order valence-electron chi connectivity index (χ2n) is 11.2. The minimum atomic E-state index is -3.69. The molecule has 0 fully saturated rings. The van der Waals surface area contributed by atoms with Crippen molar-refractivity contribution in [3.8, 4) is 0 Å². The zero-order valence-electron chi connectivity index (χ0n) is 24.0. The SMILES string of the molecule is C=C(C)C1CC=C(C)C(O[Si](OCc2ccccc2)(OCc2ccccc2)OC2CC(C(=C)C)CC=C2C)C1. The number of hydrogen-bond acceptors (Lipinski definition) is 4. The Bertz CT molecular complexity index is 1080. The lowest BCUT2D eigenvalue weighted by Gasteiger charge is -2.39. The van der Waals surface area contributed by atoms with Crippen LogP contribution in [0.1, 0.15) is 64.5 Å². The van der Waals surface area contributed by atoms with Gasteiger partial charge in [-0.15, -0.1) is 0 Å². The molecular formula is C34H44O4Si. The molecule has 4 atom stereocenters. The molecule has 0 spiro atoms. The van der Waals surface area contributed by atoms with E-state index in [4.69, 9.17) is 17.7 Å². The van der Waals surface area contributed by atoms with Gasteiger partial charge in [-0.1, -0.05) is 97.1 Å². The fourth-order valence-corrected chi connectivity index (χ4v) is 7.49. The summed E-state index contributed by atoms with van der Waals surface area (Å²) >= 11 is 0. The molecule has 2 aliphatic carbocycles. The van der Waals surface area contributed by atoms with Gasteiger partial charge in [0.05, 0.1) is 25.4 Å². The maximum atomic E-state index is 6.98. The van der Waals surface area contributed by atoms with Gasteiger partial charge in [-0.3, -0.25) is 0 Å². The first-order chi connectivity index (χ1) is 18.7. The smallest absolute Gasteiger partial charge is 0.347 e. The number of allylic oxidation sites excluding steroid dienone is 4. The van der Waals surface area contributed by atoms with Gasteiger partial charge in [-0.2, -0.15) is 0 Å². The van der Waals surface area contributed by atoms with Gasteiger partial charge in [0.2, 0.25) is 0 Å². The van der Waals surface area contributed by atoms with Crippen molar-refractivity contribution in [2.24, 2.45) is 11.8 Å². The molecule has 0 aliphatic heterocycles. The van der Waals surface area contributed by atoms with E-state index in [1.165, 1.54) is 22.3 Å². The highest BCUT2D eigenvalue weighted by atomic mass is 28.4. The first kappa shape index (κ1) is 29.4. The molecule has 2 aliphatic rings. The van der Waals surface area contributed by atoms with Crippen molar-refractivity contribution in [3.63, 3.8) is 0 Å². The van der Waals surface area contributed by atoms with E-state index in [0.717, 1.165) is 36.8 Å². The molecule has 0 bridgehead atoms. The van der Waals surface area contributed by atoms with Gasteiger partial charge in [0.1, 0.15) is 0 Å². The van der Waals surface area contributed by atoms with E-state index in [-0.39, 0.29) is 12.2 Å². The Morgan fingerprint density at radius 1 is 0.692 bits per heavy atom. The maximum Gasteiger partial charge on any atom is 0.681 e. The third-order valence-corrected chi connectivity index (χ3v) is 10.1. The standard InChI is InChI=1S/C34H44O4Si/c1-25(2)31-19-17-27(5)33(21-31)37-39(35-23-29-13-9-7-10-14-29,36-24-30-15-11-8-12-16-30)38-34-22-32(26(3)4)20-18-28(34)6/h7-18,31-34H,1,3,19-24H2,2,4-6H3. The average Bonchev–Trinajstić information content (AvgIpc) is 2.94. The highest BCUT2D eigenvalue weighted by Gasteiger charge is 2.51. The molecule has 5 heteroatoms. The topological polar surface area (TPSA) is 36.9 Å². The minimum absolute atomic E-state index is 0.163. The highest BCUT2D eigenvalue weighted by molar-refractivity contribution is 6.53. The number of hydrogen-bond donors (Lipinski definition) is 0. The van der Waals surface area contributed by atoms with Gasteiger partial charge in [0.15, 0.2) is 0 Å². The minimum Gasteiger partial charge on any atom is -0.347 e. The summed E-state index contributed by atoms with van der Waals surface area (Å²) < 4.78 is 27.4. The third kappa shape index (κ3) is 8.23. The van der Waals surface area contributed by atoms with Crippen LogP contribution >= 0.6 is 0 Å². The Morgan fingerprint density at radius 2 is 1.08 bits per heavy atom. The molecule has 4 unspecified atom stereocenters. The lowest BCUT2D eigenvalue weighted by molar-refractivity contribution is -0.0769. The van der Waals surface area contributed by atoms with E-state index in [9.17, 15) is 0 Å². The maximum absolute atomic E-state index is 6.98. The van der Waals surface area contributed by atoms with E-state index < -0.39 is 9.05 Å². The molecule has 0 radical (unpaired) electrons. The van der Waals surface area contributed by atoms with Crippen molar-refractivity contribution in [1.29, 1.82) is 0 Å². The summed E-state index contributed by atoms with van der Waals surface area (Å²) in [6, 6.07) is 20.3. The number of rotatable bonds is 12. The summed E-state index contributed by atoms with van der Waals surface area (Å²) in [5.74, 6) is 0.718. The van der Waals surface area contributed by atoms with Gasteiger partial charge >= 0.3 is 9.05 Å². The molecule has 2 aromatic rings. The third-order valence-electron chi connectivity index (χ3n) is 7.95. The average molecular weight is 545 g/mol. The largest absolute Gasteiger partial charge is 0.681 e. The fraction of sp³-hybridized carbons (Fsp3) is 0.412. The molecule has 0 aromatic heterocycles. The van der Waals surface area contributed by atoms with Crippen LogP contribution < -0.4 is 0 Å². The van der Waals surface area contributed by atoms with Crippen LogP contribution in [-0.4, -0.2) is 21.3 Å². The first-order valence-corrected chi connectivity index (χ1v) is 15.7. The molecule has 2 aromatic carbocycles. The predicted octanol–water partition coefficient (Wildman–Crippen LogP) is 8.49. The van der Waals surface area contributed by atoms with Crippen LogP contribution in [-0.2, 0) is 30.9 Å². The Balaban J connectivity index is 1.68. The summed E-state index contributed by atoms with van der Waals surface area (Å²) in [5.41, 5.74) is 6.83. The van der Waals surface area contributed by atoms with Gasteiger partial charge in [-0.05, 0) is 87.5 Å². The van der Waals surface area contributed by atoms with Crippen LogP contribution in [0.25, 0.3) is 0 Å². The molecular weight excluding hydrogens is 500 g/mol. The molecule has 0 amide bonds. The molecule has 0 saturated carbocycles. The van der Waals surface area contributed by atoms with Crippen molar-refractivity contribution >= 4 is 9.05 Å². The van der Waals surface area contributed by atoms with Gasteiger partial charge in [0, 0.05) is 0 Å². The van der Waals surface area contributed by atoms with E-state index in [0.29, 0.717) is 25.0 Å². The van der Waals surface area contributed by atoms with Gasteiger partial charge in [0.25, 0.3) is 0 Å². The van der Waals surface area contributed by atoms with Crippen LogP contribution in [0, 0.1) is 11.8 Å². The Labute approximate surface area is 236 Å². The lowest BCUT2D eigenvalue weighted by Crippen LogP contribution is -2.54. The second kappa shape index (κ2) is 13.7. The van der Waals surface area contributed by atoms with E-state index >= 15 is 0 Å². The molecule has 39 heavy (non-hydrogen) atoms. The zero-order valence-corrected chi connectivity index (χ0v) is 25.0.